The molecule has 2 aliphatic heterocycles. The standard InChI is InChI=1S/C22H26N4O3/c1-2-29-22(28)25-13-11-24(12-14-25)21(27)18-7-8-20(23-15-18)26-10-9-17-5-3-4-6-19(17)16-26/h3-8,15H,2,9-14,16H2,1H3. The first-order valence-electron chi connectivity index (χ1n) is 10.1. The number of pyridine rings is 1. The Hall–Kier alpha value is -3.09. The highest BCUT2D eigenvalue weighted by atomic mass is 16.6. The van der Waals surface area contributed by atoms with Crippen molar-refractivity contribution in [2.45, 2.75) is 19.9 Å². The highest BCUT2D eigenvalue weighted by molar-refractivity contribution is 5.94. The summed E-state index contributed by atoms with van der Waals surface area (Å²) in [5, 5.41) is 0. The first-order chi connectivity index (χ1) is 14.2. The summed E-state index contributed by atoms with van der Waals surface area (Å²) in [5.74, 6) is 0.847. The van der Waals surface area contributed by atoms with Gasteiger partial charge in [-0.3, -0.25) is 4.79 Å². The Balaban J connectivity index is 1.36. The molecule has 7 heteroatoms. The molecule has 1 aromatic heterocycles. The lowest BCUT2D eigenvalue weighted by Crippen LogP contribution is -2.50. The molecule has 0 atom stereocenters. The number of piperazine rings is 1. The zero-order valence-electron chi connectivity index (χ0n) is 16.7. The number of nitrogens with zero attached hydrogens (tertiary/aromatic N) is 4. The molecule has 7 nitrogen and oxygen atoms in total. The maximum absolute atomic E-state index is 12.8. The molecule has 29 heavy (non-hydrogen) atoms. The predicted octanol–water partition coefficient (Wildman–Crippen LogP) is 2.56. The van der Waals surface area contributed by atoms with Crippen molar-refractivity contribution >= 4 is 17.8 Å². The summed E-state index contributed by atoms with van der Waals surface area (Å²) in [4.78, 5) is 34.8. The maximum atomic E-state index is 12.8. The molecule has 0 bridgehead atoms. The first-order valence-corrected chi connectivity index (χ1v) is 10.1. The lowest BCUT2D eigenvalue weighted by atomic mass is 10.00. The molecule has 1 fully saturated rings. The second-order valence-electron chi connectivity index (χ2n) is 7.32. The van der Waals surface area contributed by atoms with Crippen LogP contribution in [0.1, 0.15) is 28.4 Å². The Bertz CT molecular complexity index is 876. The van der Waals surface area contributed by atoms with E-state index in [2.05, 4.69) is 34.1 Å². The van der Waals surface area contributed by atoms with Gasteiger partial charge >= 0.3 is 6.09 Å². The fourth-order valence-corrected chi connectivity index (χ4v) is 3.88. The normalized spacial score (nSPS) is 16.4. The Kier molecular flexibility index (Phi) is 5.64. The van der Waals surface area contributed by atoms with E-state index in [1.807, 2.05) is 12.1 Å². The van der Waals surface area contributed by atoms with E-state index in [1.165, 1.54) is 11.1 Å². The van der Waals surface area contributed by atoms with Gasteiger partial charge in [0, 0.05) is 45.5 Å². The van der Waals surface area contributed by atoms with Crippen LogP contribution >= 0.6 is 0 Å². The average Bonchev–Trinajstić information content (AvgIpc) is 2.78. The van der Waals surface area contributed by atoms with Gasteiger partial charge in [-0.05, 0) is 36.6 Å². The summed E-state index contributed by atoms with van der Waals surface area (Å²) in [6, 6.07) is 12.3. The summed E-state index contributed by atoms with van der Waals surface area (Å²) in [5.41, 5.74) is 3.31. The van der Waals surface area contributed by atoms with Crippen LogP contribution in [0.25, 0.3) is 0 Å². The third-order valence-corrected chi connectivity index (χ3v) is 5.54. The molecule has 0 saturated carbocycles. The Labute approximate surface area is 170 Å². The minimum atomic E-state index is -0.311. The van der Waals surface area contributed by atoms with E-state index in [9.17, 15) is 9.59 Å². The van der Waals surface area contributed by atoms with Crippen molar-refractivity contribution in [2.75, 3.05) is 44.2 Å². The number of rotatable bonds is 3. The van der Waals surface area contributed by atoms with Gasteiger partial charge in [0.05, 0.1) is 12.2 Å². The molecule has 1 aromatic carbocycles. The second kappa shape index (κ2) is 8.51. The Morgan fingerprint density at radius 1 is 0.966 bits per heavy atom. The number of benzene rings is 1. The van der Waals surface area contributed by atoms with Gasteiger partial charge in [-0.2, -0.15) is 0 Å². The van der Waals surface area contributed by atoms with Gasteiger partial charge in [-0.1, -0.05) is 24.3 Å². The summed E-state index contributed by atoms with van der Waals surface area (Å²) in [7, 11) is 0. The topological polar surface area (TPSA) is 66.0 Å². The van der Waals surface area contributed by atoms with E-state index < -0.39 is 0 Å². The summed E-state index contributed by atoms with van der Waals surface area (Å²) in [6.45, 7) is 5.90. The second-order valence-corrected chi connectivity index (χ2v) is 7.32. The molecule has 0 spiro atoms. The van der Waals surface area contributed by atoms with Crippen molar-refractivity contribution in [1.29, 1.82) is 0 Å². The van der Waals surface area contributed by atoms with Gasteiger partial charge in [0.25, 0.3) is 5.91 Å². The Morgan fingerprint density at radius 3 is 2.38 bits per heavy atom. The zero-order chi connectivity index (χ0) is 20.2. The number of fused-ring (bicyclic) bond motifs is 1. The third kappa shape index (κ3) is 4.18. The largest absolute Gasteiger partial charge is 0.450 e. The number of carbonyl (C=O) groups is 2. The van der Waals surface area contributed by atoms with E-state index in [0.717, 1.165) is 25.3 Å². The van der Waals surface area contributed by atoms with Crippen molar-refractivity contribution in [3.8, 4) is 0 Å². The van der Waals surface area contributed by atoms with Crippen LogP contribution in [0.2, 0.25) is 0 Å². The van der Waals surface area contributed by atoms with E-state index >= 15 is 0 Å². The van der Waals surface area contributed by atoms with Crippen molar-refractivity contribution in [3.05, 3.63) is 59.3 Å². The lowest BCUT2D eigenvalue weighted by Gasteiger charge is -2.34. The average molecular weight is 394 g/mol. The van der Waals surface area contributed by atoms with Gasteiger partial charge in [-0.25, -0.2) is 9.78 Å². The molecular formula is C22H26N4O3. The first kappa shape index (κ1) is 19.2. The Morgan fingerprint density at radius 2 is 1.69 bits per heavy atom. The van der Waals surface area contributed by atoms with E-state index in [1.54, 1.807) is 22.9 Å². The number of amides is 2. The fourth-order valence-electron chi connectivity index (χ4n) is 3.88. The lowest BCUT2D eigenvalue weighted by molar-refractivity contribution is 0.0570. The minimum absolute atomic E-state index is 0.0449. The maximum Gasteiger partial charge on any atom is 0.409 e. The molecule has 0 unspecified atom stereocenters. The zero-order valence-corrected chi connectivity index (χ0v) is 16.7. The van der Waals surface area contributed by atoms with Crippen LogP contribution in [0.15, 0.2) is 42.6 Å². The molecule has 0 aliphatic carbocycles. The molecule has 1 saturated heterocycles. The minimum Gasteiger partial charge on any atom is -0.450 e. The van der Waals surface area contributed by atoms with Gasteiger partial charge < -0.3 is 19.4 Å². The smallest absolute Gasteiger partial charge is 0.409 e. The SMILES string of the molecule is CCOC(=O)N1CCN(C(=O)c2ccc(N3CCc4ccccc4C3)nc2)CC1. The van der Waals surface area contributed by atoms with Crippen molar-refractivity contribution < 1.29 is 14.3 Å². The van der Waals surface area contributed by atoms with Gasteiger partial charge in [0.2, 0.25) is 0 Å². The van der Waals surface area contributed by atoms with E-state index in [-0.39, 0.29) is 12.0 Å². The van der Waals surface area contributed by atoms with Gasteiger partial charge in [0.15, 0.2) is 0 Å². The highest BCUT2D eigenvalue weighted by Crippen LogP contribution is 2.23. The number of aromatic nitrogens is 1. The molecular weight excluding hydrogens is 368 g/mol. The van der Waals surface area contributed by atoms with Crippen molar-refractivity contribution in [3.63, 3.8) is 0 Å². The molecule has 152 valence electrons. The van der Waals surface area contributed by atoms with Gasteiger partial charge in [0.1, 0.15) is 5.82 Å². The van der Waals surface area contributed by atoms with Crippen LogP contribution in [-0.4, -0.2) is 66.1 Å². The molecule has 3 heterocycles. The predicted molar refractivity (Wildman–Crippen MR) is 110 cm³/mol. The van der Waals surface area contributed by atoms with Crippen LogP contribution in [0.3, 0.4) is 0 Å². The van der Waals surface area contributed by atoms with Crippen LogP contribution in [0.5, 0.6) is 0 Å². The monoisotopic (exact) mass is 394 g/mol. The summed E-state index contributed by atoms with van der Waals surface area (Å²) >= 11 is 0. The summed E-state index contributed by atoms with van der Waals surface area (Å²) < 4.78 is 5.02. The quantitative estimate of drug-likeness (QED) is 0.801. The molecule has 2 aliphatic rings. The number of hydrogen-bond donors (Lipinski definition) is 0. The molecule has 0 N–H and O–H groups in total. The number of carbonyl (C=O) groups excluding carboxylic acids is 2. The van der Waals surface area contributed by atoms with E-state index in [0.29, 0.717) is 38.3 Å². The molecule has 2 amide bonds. The van der Waals surface area contributed by atoms with Crippen LogP contribution in [0, 0.1) is 0 Å². The number of hydrogen-bond acceptors (Lipinski definition) is 5. The van der Waals surface area contributed by atoms with Crippen LogP contribution in [-0.2, 0) is 17.7 Å². The molecule has 2 aromatic rings. The number of ether oxygens (including phenoxy) is 1. The van der Waals surface area contributed by atoms with Gasteiger partial charge in [-0.15, -0.1) is 0 Å². The fraction of sp³-hybridized carbons (Fsp3) is 0.409. The highest BCUT2D eigenvalue weighted by Gasteiger charge is 2.26. The van der Waals surface area contributed by atoms with E-state index in [4.69, 9.17) is 4.74 Å². The van der Waals surface area contributed by atoms with Crippen molar-refractivity contribution in [2.24, 2.45) is 0 Å². The number of anilines is 1. The third-order valence-electron chi connectivity index (χ3n) is 5.54. The molecule has 4 rings (SSSR count). The van der Waals surface area contributed by atoms with Crippen LogP contribution in [0.4, 0.5) is 10.6 Å². The van der Waals surface area contributed by atoms with Crippen molar-refractivity contribution in [1.82, 2.24) is 14.8 Å². The summed E-state index contributed by atoms with van der Waals surface area (Å²) in [6.07, 6.45) is 2.35. The van der Waals surface area contributed by atoms with Crippen LogP contribution < -0.4 is 4.90 Å². The molecule has 0 radical (unpaired) electrons.